The lowest BCUT2D eigenvalue weighted by Crippen LogP contribution is -2.35. The van der Waals surface area contributed by atoms with Crippen molar-refractivity contribution in [3.05, 3.63) is 58.3 Å². The molecule has 0 aliphatic carbocycles. The van der Waals surface area contributed by atoms with Gasteiger partial charge in [-0.1, -0.05) is 12.1 Å². The average Bonchev–Trinajstić information content (AvgIpc) is 2.55. The number of methoxy groups -OCH3 is 1. The van der Waals surface area contributed by atoms with Gasteiger partial charge < -0.3 is 14.8 Å². The second-order valence-electron chi connectivity index (χ2n) is 4.90. The summed E-state index contributed by atoms with van der Waals surface area (Å²) in [5, 5.41) is 2.79. The smallest absolute Gasteiger partial charge is 0.261 e. The normalized spacial score (nSPS) is 11.7. The van der Waals surface area contributed by atoms with Gasteiger partial charge in [-0.05, 0) is 58.7 Å². The molecule has 4 nitrogen and oxygen atoms in total. The molecule has 0 saturated heterocycles. The van der Waals surface area contributed by atoms with Crippen LogP contribution in [0.4, 0.5) is 4.39 Å². The largest absolute Gasteiger partial charge is 0.497 e. The van der Waals surface area contributed by atoms with Crippen LogP contribution in [-0.4, -0.2) is 19.1 Å². The maximum atomic E-state index is 13.0. The van der Waals surface area contributed by atoms with Crippen LogP contribution in [0.5, 0.6) is 11.5 Å². The highest BCUT2D eigenvalue weighted by Gasteiger charge is 2.16. The van der Waals surface area contributed by atoms with Gasteiger partial charge in [0, 0.05) is 6.54 Å². The Bertz CT molecular complexity index is 676. The quantitative estimate of drug-likeness (QED) is 0.829. The molecule has 2 aromatic carbocycles. The van der Waals surface area contributed by atoms with Crippen LogP contribution >= 0.6 is 15.9 Å². The van der Waals surface area contributed by atoms with Crippen LogP contribution < -0.4 is 14.8 Å². The third kappa shape index (κ3) is 4.96. The molecule has 0 aliphatic rings. The van der Waals surface area contributed by atoms with Gasteiger partial charge in [0.15, 0.2) is 6.10 Å². The molecular formula is C17H17BrFNO3. The molecule has 122 valence electrons. The molecule has 2 aromatic rings. The van der Waals surface area contributed by atoms with E-state index in [0.717, 1.165) is 11.3 Å². The van der Waals surface area contributed by atoms with Crippen molar-refractivity contribution in [3.8, 4) is 11.5 Å². The number of rotatable bonds is 6. The lowest BCUT2D eigenvalue weighted by molar-refractivity contribution is -0.127. The molecule has 0 saturated carbocycles. The zero-order valence-electron chi connectivity index (χ0n) is 12.8. The molecule has 1 N–H and O–H groups in total. The van der Waals surface area contributed by atoms with E-state index in [-0.39, 0.29) is 11.7 Å². The summed E-state index contributed by atoms with van der Waals surface area (Å²) in [6.07, 6.45) is -0.699. The first-order chi connectivity index (χ1) is 11.0. The van der Waals surface area contributed by atoms with Gasteiger partial charge in [-0.25, -0.2) is 4.39 Å². The fraction of sp³-hybridized carbons (Fsp3) is 0.235. The fourth-order valence-corrected chi connectivity index (χ4v) is 2.34. The summed E-state index contributed by atoms with van der Waals surface area (Å²) in [5.74, 6) is 0.550. The molecule has 2 rings (SSSR count). The lowest BCUT2D eigenvalue weighted by Gasteiger charge is -2.16. The van der Waals surface area contributed by atoms with E-state index < -0.39 is 6.10 Å². The van der Waals surface area contributed by atoms with E-state index in [4.69, 9.17) is 9.47 Å². The molecule has 0 radical (unpaired) electrons. The predicted octanol–water partition coefficient (Wildman–Crippen LogP) is 3.68. The topological polar surface area (TPSA) is 47.6 Å². The van der Waals surface area contributed by atoms with Crippen molar-refractivity contribution < 1.29 is 18.7 Å². The van der Waals surface area contributed by atoms with E-state index in [1.54, 1.807) is 14.0 Å². The summed E-state index contributed by atoms with van der Waals surface area (Å²) in [6.45, 7) is 2.03. The summed E-state index contributed by atoms with van der Waals surface area (Å²) in [4.78, 5) is 12.1. The van der Waals surface area contributed by atoms with Crippen molar-refractivity contribution in [1.29, 1.82) is 0 Å². The number of carbonyl (C=O) groups is 1. The summed E-state index contributed by atoms with van der Waals surface area (Å²) in [5.41, 5.74) is 0.953. The maximum Gasteiger partial charge on any atom is 0.261 e. The fourth-order valence-electron chi connectivity index (χ4n) is 1.89. The van der Waals surface area contributed by atoms with E-state index in [9.17, 15) is 9.18 Å². The van der Waals surface area contributed by atoms with E-state index in [2.05, 4.69) is 21.2 Å². The summed E-state index contributed by atoms with van der Waals surface area (Å²) in [6, 6.07) is 11.5. The van der Waals surface area contributed by atoms with Crippen molar-refractivity contribution in [1.82, 2.24) is 5.32 Å². The summed E-state index contributed by atoms with van der Waals surface area (Å²) >= 11 is 3.21. The van der Waals surface area contributed by atoms with Crippen molar-refractivity contribution in [2.75, 3.05) is 7.11 Å². The molecule has 0 spiro atoms. The third-order valence-electron chi connectivity index (χ3n) is 3.19. The SMILES string of the molecule is COc1ccc(CNC(=O)C(C)Oc2ccc(F)cc2Br)cc1. The van der Waals surface area contributed by atoms with E-state index in [1.165, 1.54) is 18.2 Å². The van der Waals surface area contributed by atoms with Crippen LogP contribution in [0.1, 0.15) is 12.5 Å². The van der Waals surface area contributed by atoms with Crippen molar-refractivity contribution >= 4 is 21.8 Å². The minimum atomic E-state index is -0.699. The minimum absolute atomic E-state index is 0.253. The van der Waals surface area contributed by atoms with E-state index in [0.29, 0.717) is 16.8 Å². The first-order valence-electron chi connectivity index (χ1n) is 7.02. The summed E-state index contributed by atoms with van der Waals surface area (Å²) in [7, 11) is 1.60. The van der Waals surface area contributed by atoms with Crippen LogP contribution in [0.25, 0.3) is 0 Å². The van der Waals surface area contributed by atoms with E-state index >= 15 is 0 Å². The van der Waals surface area contributed by atoms with Crippen molar-refractivity contribution in [3.63, 3.8) is 0 Å². The van der Waals surface area contributed by atoms with Gasteiger partial charge >= 0.3 is 0 Å². The Morgan fingerprint density at radius 2 is 1.96 bits per heavy atom. The zero-order valence-corrected chi connectivity index (χ0v) is 14.4. The molecule has 1 amide bonds. The third-order valence-corrected chi connectivity index (χ3v) is 3.81. The number of benzene rings is 2. The monoisotopic (exact) mass is 381 g/mol. The van der Waals surface area contributed by atoms with Crippen LogP contribution in [0.3, 0.4) is 0 Å². The summed E-state index contributed by atoms with van der Waals surface area (Å²) < 4.78 is 24.1. The highest BCUT2D eigenvalue weighted by atomic mass is 79.9. The Morgan fingerprint density at radius 1 is 1.26 bits per heavy atom. The number of hydrogen-bond donors (Lipinski definition) is 1. The number of carbonyl (C=O) groups excluding carboxylic acids is 1. The van der Waals surface area contributed by atoms with Gasteiger partial charge in [-0.2, -0.15) is 0 Å². The predicted molar refractivity (Wildman–Crippen MR) is 89.0 cm³/mol. The number of nitrogens with one attached hydrogen (secondary N) is 1. The van der Waals surface area contributed by atoms with Crippen LogP contribution in [-0.2, 0) is 11.3 Å². The Hall–Kier alpha value is -2.08. The standard InChI is InChI=1S/C17H17BrFNO3/c1-11(23-16-8-5-13(19)9-15(16)18)17(21)20-10-12-3-6-14(22-2)7-4-12/h3-9,11H,10H2,1-2H3,(H,20,21). The second kappa shape index (κ2) is 7.97. The van der Waals surface area contributed by atoms with Crippen LogP contribution in [0.15, 0.2) is 46.9 Å². The lowest BCUT2D eigenvalue weighted by atomic mass is 10.2. The van der Waals surface area contributed by atoms with Crippen molar-refractivity contribution in [2.45, 2.75) is 19.6 Å². The van der Waals surface area contributed by atoms with Gasteiger partial charge in [-0.15, -0.1) is 0 Å². The number of ether oxygens (including phenoxy) is 2. The van der Waals surface area contributed by atoms with Gasteiger partial charge in [0.2, 0.25) is 0 Å². The second-order valence-corrected chi connectivity index (χ2v) is 5.76. The molecule has 0 heterocycles. The highest BCUT2D eigenvalue weighted by molar-refractivity contribution is 9.10. The average molecular weight is 382 g/mol. The molecule has 1 atom stereocenters. The number of halogens is 2. The number of hydrogen-bond acceptors (Lipinski definition) is 3. The molecular weight excluding hydrogens is 365 g/mol. The van der Waals surface area contributed by atoms with E-state index in [1.807, 2.05) is 24.3 Å². The first kappa shape index (κ1) is 17.3. The molecule has 0 aromatic heterocycles. The Morgan fingerprint density at radius 3 is 2.57 bits per heavy atom. The van der Waals surface area contributed by atoms with Crippen LogP contribution in [0, 0.1) is 5.82 Å². The van der Waals surface area contributed by atoms with Gasteiger partial charge in [0.1, 0.15) is 17.3 Å². The first-order valence-corrected chi connectivity index (χ1v) is 7.81. The Labute approximate surface area is 142 Å². The Kier molecular flexibility index (Phi) is 5.98. The van der Waals surface area contributed by atoms with Gasteiger partial charge in [0.05, 0.1) is 11.6 Å². The minimum Gasteiger partial charge on any atom is -0.497 e. The van der Waals surface area contributed by atoms with Crippen molar-refractivity contribution in [2.24, 2.45) is 0 Å². The van der Waals surface area contributed by atoms with Gasteiger partial charge in [0.25, 0.3) is 5.91 Å². The highest BCUT2D eigenvalue weighted by Crippen LogP contribution is 2.26. The molecule has 1 unspecified atom stereocenters. The molecule has 6 heteroatoms. The van der Waals surface area contributed by atoms with Crippen LogP contribution in [0.2, 0.25) is 0 Å². The Balaban J connectivity index is 1.89. The molecule has 0 aliphatic heterocycles. The maximum absolute atomic E-state index is 13.0. The number of amides is 1. The molecule has 23 heavy (non-hydrogen) atoms. The zero-order chi connectivity index (χ0) is 16.8. The molecule has 0 bridgehead atoms. The molecule has 0 fully saturated rings. The van der Waals surface area contributed by atoms with Gasteiger partial charge in [-0.3, -0.25) is 4.79 Å².